The SMILES string of the molecule is COc1ccc(C(C)NC(=O)/C(C#N)=C\NCc2cccc(F)c2)cc1OC. The predicted octanol–water partition coefficient (Wildman–Crippen LogP) is 3.22. The minimum Gasteiger partial charge on any atom is -0.493 e. The Kier molecular flexibility index (Phi) is 7.40. The number of nitriles is 1. The lowest BCUT2D eigenvalue weighted by atomic mass is 10.1. The normalized spacial score (nSPS) is 11.9. The van der Waals surface area contributed by atoms with Crippen molar-refractivity contribution >= 4 is 5.91 Å². The van der Waals surface area contributed by atoms with Crippen LogP contribution >= 0.6 is 0 Å². The van der Waals surface area contributed by atoms with E-state index >= 15 is 0 Å². The maximum atomic E-state index is 13.2. The van der Waals surface area contributed by atoms with Crippen molar-refractivity contribution in [2.45, 2.75) is 19.5 Å². The van der Waals surface area contributed by atoms with Crippen LogP contribution in [0.4, 0.5) is 4.39 Å². The standard InChI is InChI=1S/C21H22FN3O3/c1-14(16-7-8-19(27-2)20(10-16)28-3)25-21(26)17(11-23)13-24-12-15-5-4-6-18(22)9-15/h4-10,13-14,24H,12H2,1-3H3,(H,25,26)/b17-13-. The summed E-state index contributed by atoms with van der Waals surface area (Å²) in [6, 6.07) is 12.9. The number of benzene rings is 2. The second-order valence-corrected chi connectivity index (χ2v) is 5.99. The van der Waals surface area contributed by atoms with Crippen LogP contribution in [0.1, 0.15) is 24.1 Å². The number of rotatable bonds is 8. The summed E-state index contributed by atoms with van der Waals surface area (Å²) >= 11 is 0. The van der Waals surface area contributed by atoms with Crippen molar-refractivity contribution in [1.29, 1.82) is 5.26 Å². The van der Waals surface area contributed by atoms with Crippen LogP contribution in [0.2, 0.25) is 0 Å². The van der Waals surface area contributed by atoms with Crippen molar-refractivity contribution in [2.24, 2.45) is 0 Å². The highest BCUT2D eigenvalue weighted by atomic mass is 19.1. The molecular weight excluding hydrogens is 361 g/mol. The van der Waals surface area contributed by atoms with E-state index in [1.165, 1.54) is 25.4 Å². The molecule has 2 N–H and O–H groups in total. The number of carbonyl (C=O) groups is 1. The van der Waals surface area contributed by atoms with E-state index in [-0.39, 0.29) is 17.4 Å². The fourth-order valence-electron chi connectivity index (χ4n) is 2.55. The lowest BCUT2D eigenvalue weighted by Gasteiger charge is -2.16. The Bertz CT molecular complexity index is 906. The Morgan fingerprint density at radius 3 is 2.61 bits per heavy atom. The molecule has 7 heteroatoms. The van der Waals surface area contributed by atoms with Crippen molar-refractivity contribution in [3.63, 3.8) is 0 Å². The molecule has 0 fully saturated rings. The first-order valence-electron chi connectivity index (χ1n) is 8.59. The molecule has 6 nitrogen and oxygen atoms in total. The van der Waals surface area contributed by atoms with Crippen LogP contribution in [0.5, 0.6) is 11.5 Å². The smallest absolute Gasteiger partial charge is 0.263 e. The van der Waals surface area contributed by atoms with E-state index in [0.717, 1.165) is 5.56 Å². The third-order valence-corrected chi connectivity index (χ3v) is 4.06. The van der Waals surface area contributed by atoms with Crippen LogP contribution in [0.15, 0.2) is 54.2 Å². The van der Waals surface area contributed by atoms with E-state index in [1.54, 1.807) is 38.3 Å². The lowest BCUT2D eigenvalue weighted by Crippen LogP contribution is -2.28. The predicted molar refractivity (Wildman–Crippen MR) is 103 cm³/mol. The van der Waals surface area contributed by atoms with E-state index in [0.29, 0.717) is 23.6 Å². The topological polar surface area (TPSA) is 83.4 Å². The Hall–Kier alpha value is -3.53. The van der Waals surface area contributed by atoms with Gasteiger partial charge in [-0.3, -0.25) is 4.79 Å². The van der Waals surface area contributed by atoms with Gasteiger partial charge in [0.15, 0.2) is 11.5 Å². The van der Waals surface area contributed by atoms with Gasteiger partial charge >= 0.3 is 0 Å². The fourth-order valence-corrected chi connectivity index (χ4v) is 2.55. The summed E-state index contributed by atoms with van der Waals surface area (Å²) in [5.74, 6) is 0.277. The van der Waals surface area contributed by atoms with E-state index in [4.69, 9.17) is 9.47 Å². The summed E-state index contributed by atoms with van der Waals surface area (Å²) < 4.78 is 23.6. The minimum atomic E-state index is -0.517. The number of nitrogens with one attached hydrogen (secondary N) is 2. The summed E-state index contributed by atoms with van der Waals surface area (Å²) in [4.78, 5) is 12.4. The van der Waals surface area contributed by atoms with Gasteiger partial charge in [0.2, 0.25) is 0 Å². The quantitative estimate of drug-likeness (QED) is 0.540. The highest BCUT2D eigenvalue weighted by molar-refractivity contribution is 5.97. The van der Waals surface area contributed by atoms with Gasteiger partial charge in [0.1, 0.15) is 17.5 Å². The molecule has 0 aliphatic heterocycles. The molecule has 0 aliphatic rings. The van der Waals surface area contributed by atoms with Gasteiger partial charge in [-0.25, -0.2) is 4.39 Å². The fraction of sp³-hybridized carbons (Fsp3) is 0.238. The molecule has 2 aromatic rings. The number of methoxy groups -OCH3 is 2. The molecule has 0 aromatic heterocycles. The van der Waals surface area contributed by atoms with Gasteiger partial charge in [-0.15, -0.1) is 0 Å². The van der Waals surface area contributed by atoms with Gasteiger partial charge in [-0.1, -0.05) is 18.2 Å². The number of ether oxygens (including phenoxy) is 2. The Balaban J connectivity index is 2.01. The number of hydrogen-bond acceptors (Lipinski definition) is 5. The van der Waals surface area contributed by atoms with Crippen molar-refractivity contribution in [1.82, 2.24) is 10.6 Å². The third kappa shape index (κ3) is 5.48. The molecule has 0 saturated heterocycles. The summed E-state index contributed by atoms with van der Waals surface area (Å²) in [6.07, 6.45) is 1.32. The number of nitrogens with zero attached hydrogens (tertiary/aromatic N) is 1. The molecule has 1 unspecified atom stereocenters. The zero-order valence-corrected chi connectivity index (χ0v) is 16.0. The van der Waals surface area contributed by atoms with Crippen molar-refractivity contribution < 1.29 is 18.7 Å². The molecular formula is C21H22FN3O3. The number of hydrogen-bond donors (Lipinski definition) is 2. The maximum Gasteiger partial charge on any atom is 0.263 e. The largest absolute Gasteiger partial charge is 0.493 e. The molecule has 1 amide bonds. The zero-order chi connectivity index (χ0) is 20.5. The van der Waals surface area contributed by atoms with Crippen LogP contribution in [-0.2, 0) is 11.3 Å². The van der Waals surface area contributed by atoms with Gasteiger partial charge in [-0.05, 0) is 42.3 Å². The van der Waals surface area contributed by atoms with Crippen molar-refractivity contribution in [3.05, 3.63) is 71.2 Å². The Morgan fingerprint density at radius 1 is 1.21 bits per heavy atom. The minimum absolute atomic E-state index is 0.0799. The molecule has 1 atom stereocenters. The average molecular weight is 383 g/mol. The molecule has 2 rings (SSSR count). The molecule has 0 radical (unpaired) electrons. The zero-order valence-electron chi connectivity index (χ0n) is 16.0. The van der Waals surface area contributed by atoms with Gasteiger partial charge in [-0.2, -0.15) is 5.26 Å². The van der Waals surface area contributed by atoms with Gasteiger partial charge in [0.05, 0.1) is 20.3 Å². The summed E-state index contributed by atoms with van der Waals surface area (Å²) in [6.45, 7) is 2.09. The first-order valence-corrected chi connectivity index (χ1v) is 8.59. The molecule has 0 spiro atoms. The van der Waals surface area contributed by atoms with Gasteiger partial charge in [0, 0.05) is 12.7 Å². The van der Waals surface area contributed by atoms with Crippen LogP contribution in [0.3, 0.4) is 0 Å². The molecule has 0 bridgehead atoms. The van der Waals surface area contributed by atoms with E-state index in [1.807, 2.05) is 12.1 Å². The molecule has 0 saturated carbocycles. The Morgan fingerprint density at radius 2 is 1.96 bits per heavy atom. The summed E-state index contributed by atoms with van der Waals surface area (Å²) in [5.41, 5.74) is 1.42. The number of halogens is 1. The van der Waals surface area contributed by atoms with Gasteiger partial charge in [0.25, 0.3) is 5.91 Å². The molecule has 146 valence electrons. The lowest BCUT2D eigenvalue weighted by molar-refractivity contribution is -0.117. The maximum absolute atomic E-state index is 13.2. The highest BCUT2D eigenvalue weighted by Gasteiger charge is 2.15. The molecule has 0 aliphatic carbocycles. The Labute approximate surface area is 163 Å². The third-order valence-electron chi connectivity index (χ3n) is 4.06. The van der Waals surface area contributed by atoms with E-state index in [9.17, 15) is 14.4 Å². The second kappa shape index (κ2) is 9.97. The van der Waals surface area contributed by atoms with Crippen LogP contribution in [0, 0.1) is 17.1 Å². The van der Waals surface area contributed by atoms with Crippen molar-refractivity contribution in [2.75, 3.05) is 14.2 Å². The van der Waals surface area contributed by atoms with E-state index < -0.39 is 5.91 Å². The van der Waals surface area contributed by atoms with Crippen LogP contribution in [0.25, 0.3) is 0 Å². The average Bonchev–Trinajstić information content (AvgIpc) is 2.70. The van der Waals surface area contributed by atoms with Gasteiger partial charge < -0.3 is 20.1 Å². The number of carbonyl (C=O) groups excluding carboxylic acids is 1. The van der Waals surface area contributed by atoms with Crippen LogP contribution < -0.4 is 20.1 Å². The number of amides is 1. The first-order chi connectivity index (χ1) is 13.5. The van der Waals surface area contributed by atoms with E-state index in [2.05, 4.69) is 10.6 Å². The second-order valence-electron chi connectivity index (χ2n) is 5.99. The first kappa shape index (κ1) is 20.8. The monoisotopic (exact) mass is 383 g/mol. The van der Waals surface area contributed by atoms with Crippen molar-refractivity contribution in [3.8, 4) is 17.6 Å². The highest BCUT2D eigenvalue weighted by Crippen LogP contribution is 2.29. The van der Waals surface area contributed by atoms with Crippen LogP contribution in [-0.4, -0.2) is 20.1 Å². The summed E-state index contributed by atoms with van der Waals surface area (Å²) in [7, 11) is 3.08. The molecule has 2 aromatic carbocycles. The molecule has 28 heavy (non-hydrogen) atoms. The molecule has 0 heterocycles. The summed E-state index contributed by atoms with van der Waals surface area (Å²) in [5, 5.41) is 14.9.